The first-order chi connectivity index (χ1) is 24.9. The summed E-state index contributed by atoms with van der Waals surface area (Å²) < 4.78 is 22.1. The van der Waals surface area contributed by atoms with Gasteiger partial charge in [-0.15, -0.1) is 0 Å². The van der Waals surface area contributed by atoms with E-state index in [9.17, 15) is 19.4 Å². The van der Waals surface area contributed by atoms with E-state index >= 15 is 0 Å². The molecule has 0 heterocycles. The molecule has 0 aromatic rings. The van der Waals surface area contributed by atoms with Gasteiger partial charge in [0.1, 0.15) is 0 Å². The maximum absolute atomic E-state index is 12.7. The summed E-state index contributed by atoms with van der Waals surface area (Å²) >= 11 is 0. The Morgan fingerprint density at radius 3 is 1.25 bits per heavy atom. The fourth-order valence-corrected chi connectivity index (χ4v) is 7.60. The van der Waals surface area contributed by atoms with E-state index in [1.165, 1.54) is 167 Å². The summed E-state index contributed by atoms with van der Waals surface area (Å²) in [6.07, 6.45) is 41.3. The zero-order valence-corrected chi connectivity index (χ0v) is 34.8. The number of phosphoric acid groups is 1. The first-order valence-corrected chi connectivity index (χ1v) is 23.6. The Morgan fingerprint density at radius 1 is 0.569 bits per heavy atom. The van der Waals surface area contributed by atoms with Crippen LogP contribution in [-0.2, 0) is 18.4 Å². The van der Waals surface area contributed by atoms with Gasteiger partial charge in [0.2, 0.25) is 5.91 Å². The van der Waals surface area contributed by atoms with Gasteiger partial charge in [0, 0.05) is 13.0 Å². The average Bonchev–Trinajstić information content (AvgIpc) is 3.12. The molecule has 0 saturated carbocycles. The molecule has 3 unspecified atom stereocenters. The minimum atomic E-state index is -4.30. The lowest BCUT2D eigenvalue weighted by atomic mass is 10.0. The van der Waals surface area contributed by atoms with Crippen LogP contribution in [0.4, 0.5) is 0 Å². The lowest BCUT2D eigenvalue weighted by Crippen LogP contribution is -2.46. The van der Waals surface area contributed by atoms with Gasteiger partial charge in [-0.3, -0.25) is 13.8 Å². The molecule has 0 aliphatic carbocycles. The number of unbranched alkanes of at least 4 members (excludes halogenated alkanes) is 30. The third kappa shape index (κ3) is 37.6. The summed E-state index contributed by atoms with van der Waals surface area (Å²) in [5.41, 5.74) is 5.37. The largest absolute Gasteiger partial charge is 0.472 e. The molecular weight excluding hydrogens is 659 g/mol. The van der Waals surface area contributed by atoms with Crippen LogP contribution in [0.1, 0.15) is 232 Å². The van der Waals surface area contributed by atoms with Crippen molar-refractivity contribution in [3.63, 3.8) is 0 Å². The Hall–Kier alpha value is -0.500. The zero-order valence-electron chi connectivity index (χ0n) is 33.9. The highest BCUT2D eigenvalue weighted by molar-refractivity contribution is 7.47. The van der Waals surface area contributed by atoms with E-state index in [4.69, 9.17) is 14.8 Å². The van der Waals surface area contributed by atoms with Gasteiger partial charge in [0.15, 0.2) is 0 Å². The van der Waals surface area contributed by atoms with E-state index in [0.717, 1.165) is 38.5 Å². The van der Waals surface area contributed by atoms with Crippen LogP contribution in [-0.4, -0.2) is 47.8 Å². The van der Waals surface area contributed by atoms with Crippen molar-refractivity contribution in [2.75, 3.05) is 19.8 Å². The van der Waals surface area contributed by atoms with E-state index in [0.29, 0.717) is 12.8 Å². The molecule has 3 atom stereocenters. The van der Waals surface area contributed by atoms with Crippen LogP contribution in [0.3, 0.4) is 0 Å². The normalized spacial score (nSPS) is 14.1. The summed E-state index contributed by atoms with van der Waals surface area (Å²) in [6, 6.07) is -0.766. The third-order valence-corrected chi connectivity index (χ3v) is 11.2. The van der Waals surface area contributed by atoms with Gasteiger partial charge >= 0.3 is 7.82 Å². The van der Waals surface area contributed by atoms with Crippen LogP contribution in [0.5, 0.6) is 0 Å². The second-order valence-corrected chi connectivity index (χ2v) is 16.7. The fraction of sp³-hybridized carbons (Fsp3) is 0.976. The van der Waals surface area contributed by atoms with Crippen molar-refractivity contribution < 1.29 is 28.4 Å². The summed E-state index contributed by atoms with van der Waals surface area (Å²) in [6.45, 7) is 4.21. The number of aliphatic hydroxyl groups excluding tert-OH is 1. The predicted molar refractivity (Wildman–Crippen MR) is 217 cm³/mol. The molecule has 1 amide bonds. The van der Waals surface area contributed by atoms with Crippen molar-refractivity contribution in [2.45, 2.75) is 244 Å². The minimum Gasteiger partial charge on any atom is -0.391 e. The van der Waals surface area contributed by atoms with Crippen molar-refractivity contribution in [2.24, 2.45) is 5.73 Å². The first kappa shape index (κ1) is 50.5. The zero-order chi connectivity index (χ0) is 37.5. The van der Waals surface area contributed by atoms with Gasteiger partial charge < -0.3 is 21.1 Å². The van der Waals surface area contributed by atoms with Crippen LogP contribution in [0.2, 0.25) is 0 Å². The molecule has 0 bridgehead atoms. The van der Waals surface area contributed by atoms with Crippen molar-refractivity contribution >= 4 is 13.7 Å². The molecule has 0 aromatic carbocycles. The second kappa shape index (κ2) is 39.2. The first-order valence-electron chi connectivity index (χ1n) is 22.2. The van der Waals surface area contributed by atoms with Gasteiger partial charge in [-0.1, -0.05) is 213 Å². The van der Waals surface area contributed by atoms with Gasteiger partial charge in [0.05, 0.1) is 25.4 Å². The molecule has 9 heteroatoms. The van der Waals surface area contributed by atoms with E-state index < -0.39 is 20.0 Å². The SMILES string of the molecule is CCCCCCCCCCCCCCCCCCCCCCCCCC(=O)NC(COP(=O)(O)OCCN)C(O)CCCCCCCCCCC. The number of hydrogen-bond acceptors (Lipinski definition) is 6. The van der Waals surface area contributed by atoms with Gasteiger partial charge in [-0.2, -0.15) is 0 Å². The lowest BCUT2D eigenvalue weighted by molar-refractivity contribution is -0.123. The number of nitrogens with one attached hydrogen (secondary N) is 1. The van der Waals surface area contributed by atoms with E-state index in [2.05, 4.69) is 19.2 Å². The number of nitrogens with two attached hydrogens (primary N) is 1. The Bertz CT molecular complexity index is 774. The molecule has 0 aromatic heterocycles. The number of hydrogen-bond donors (Lipinski definition) is 4. The predicted octanol–water partition coefficient (Wildman–Crippen LogP) is 12.2. The van der Waals surface area contributed by atoms with E-state index in [1.807, 2.05) is 0 Å². The quantitative estimate of drug-likeness (QED) is 0.0361. The van der Waals surface area contributed by atoms with E-state index in [-0.39, 0.29) is 25.7 Å². The molecule has 0 aliphatic rings. The Kier molecular flexibility index (Phi) is 38.8. The number of rotatable bonds is 42. The lowest BCUT2D eigenvalue weighted by Gasteiger charge is -2.25. The van der Waals surface area contributed by atoms with Crippen molar-refractivity contribution in [3.8, 4) is 0 Å². The smallest absolute Gasteiger partial charge is 0.391 e. The summed E-state index contributed by atoms with van der Waals surface area (Å²) in [5.74, 6) is -0.158. The summed E-state index contributed by atoms with van der Waals surface area (Å²) in [5, 5.41) is 13.7. The molecule has 5 N–H and O–H groups in total. The molecular formula is C42H87N2O6P. The van der Waals surface area contributed by atoms with Crippen molar-refractivity contribution in [1.82, 2.24) is 5.32 Å². The summed E-state index contributed by atoms with van der Waals surface area (Å²) in [4.78, 5) is 22.7. The fourth-order valence-electron chi connectivity index (χ4n) is 6.84. The molecule has 0 rings (SSSR count). The number of carbonyl (C=O) groups excluding carboxylic acids is 1. The van der Waals surface area contributed by atoms with Gasteiger partial charge in [-0.25, -0.2) is 4.57 Å². The van der Waals surface area contributed by atoms with Crippen LogP contribution in [0.25, 0.3) is 0 Å². The second-order valence-electron chi connectivity index (χ2n) is 15.3. The summed E-state index contributed by atoms with van der Waals surface area (Å²) in [7, 11) is -4.30. The Morgan fingerprint density at radius 2 is 0.902 bits per heavy atom. The molecule has 51 heavy (non-hydrogen) atoms. The van der Waals surface area contributed by atoms with Gasteiger partial charge in [0.25, 0.3) is 0 Å². The van der Waals surface area contributed by atoms with Crippen LogP contribution >= 0.6 is 7.82 Å². The number of carbonyl (C=O) groups is 1. The Balaban J connectivity index is 3.93. The molecule has 0 spiro atoms. The molecule has 0 saturated heterocycles. The van der Waals surface area contributed by atoms with Crippen LogP contribution in [0.15, 0.2) is 0 Å². The van der Waals surface area contributed by atoms with Crippen molar-refractivity contribution in [3.05, 3.63) is 0 Å². The molecule has 0 radical (unpaired) electrons. The topological polar surface area (TPSA) is 131 Å². The third-order valence-electron chi connectivity index (χ3n) is 10.2. The monoisotopic (exact) mass is 747 g/mol. The number of phosphoric ester groups is 1. The highest BCUT2D eigenvalue weighted by atomic mass is 31.2. The van der Waals surface area contributed by atoms with Crippen LogP contribution in [0, 0.1) is 0 Å². The number of amides is 1. The highest BCUT2D eigenvalue weighted by Gasteiger charge is 2.27. The van der Waals surface area contributed by atoms with E-state index in [1.54, 1.807) is 0 Å². The Labute approximate surface area is 316 Å². The van der Waals surface area contributed by atoms with Crippen molar-refractivity contribution in [1.29, 1.82) is 0 Å². The number of aliphatic hydroxyl groups is 1. The molecule has 306 valence electrons. The average molecular weight is 747 g/mol. The highest BCUT2D eigenvalue weighted by Crippen LogP contribution is 2.43. The van der Waals surface area contributed by atoms with Crippen LogP contribution < -0.4 is 11.1 Å². The molecule has 0 aliphatic heterocycles. The maximum atomic E-state index is 12.7. The molecule has 8 nitrogen and oxygen atoms in total. The standard InChI is InChI=1S/C42H87N2O6P/c1-3-5-7-9-11-13-14-15-16-17-18-19-20-21-22-23-24-25-26-28-30-32-34-36-42(46)44-40(39-50-51(47,48)49-38-37-43)41(45)35-33-31-29-27-12-10-8-6-4-2/h40-41,45H,3-39,43H2,1-2H3,(H,44,46)(H,47,48). The molecule has 0 fully saturated rings. The minimum absolute atomic E-state index is 0.0921. The van der Waals surface area contributed by atoms with Gasteiger partial charge in [-0.05, 0) is 12.8 Å². The maximum Gasteiger partial charge on any atom is 0.472 e.